The highest BCUT2D eigenvalue weighted by molar-refractivity contribution is 5.71. The molecule has 6 heteroatoms. The van der Waals surface area contributed by atoms with Gasteiger partial charge >= 0.3 is 17.9 Å². The Balaban J connectivity index is 4.29. The molecule has 1 atom stereocenters. The molecule has 0 heterocycles. The van der Waals surface area contributed by atoms with Gasteiger partial charge in [-0.1, -0.05) is 283 Å². The largest absolute Gasteiger partial charge is 0.462 e. The summed E-state index contributed by atoms with van der Waals surface area (Å²) in [6.07, 6.45) is 93.2. The lowest BCUT2D eigenvalue weighted by molar-refractivity contribution is -0.167. The van der Waals surface area contributed by atoms with Crippen molar-refractivity contribution in [2.75, 3.05) is 13.2 Å². The first-order valence-corrected chi connectivity index (χ1v) is 32.7. The third kappa shape index (κ3) is 64.3. The Bertz CT molecular complexity index is 1680. The van der Waals surface area contributed by atoms with Gasteiger partial charge in [0.05, 0.1) is 0 Å². The van der Waals surface area contributed by atoms with Gasteiger partial charge in [0.15, 0.2) is 6.10 Å². The molecule has 0 radical (unpaired) electrons. The van der Waals surface area contributed by atoms with Gasteiger partial charge in [-0.05, 0) is 122 Å². The Hall–Kier alpha value is -4.45. The van der Waals surface area contributed by atoms with E-state index in [0.29, 0.717) is 19.3 Å². The molecule has 448 valence electrons. The molecule has 0 aliphatic rings. The predicted octanol–water partition coefficient (Wildman–Crippen LogP) is 22.5. The minimum absolute atomic E-state index is 0.0894. The van der Waals surface area contributed by atoms with Gasteiger partial charge in [0.1, 0.15) is 13.2 Å². The van der Waals surface area contributed by atoms with Gasteiger partial charge in [0.2, 0.25) is 0 Å². The molecule has 0 saturated carbocycles. The van der Waals surface area contributed by atoms with Crippen LogP contribution in [0.5, 0.6) is 0 Å². The molecule has 0 amide bonds. The topological polar surface area (TPSA) is 78.9 Å². The van der Waals surface area contributed by atoms with E-state index in [1.165, 1.54) is 103 Å². The van der Waals surface area contributed by atoms with E-state index in [2.05, 4.69) is 154 Å². The molecule has 0 aliphatic carbocycles. The van der Waals surface area contributed by atoms with Gasteiger partial charge in [-0.25, -0.2) is 0 Å². The number of hydrogen-bond donors (Lipinski definition) is 0. The maximum absolute atomic E-state index is 12.9. The van der Waals surface area contributed by atoms with Crippen molar-refractivity contribution >= 4 is 17.9 Å². The second-order valence-electron chi connectivity index (χ2n) is 21.3. The number of ether oxygens (including phenoxy) is 3. The molecule has 79 heavy (non-hydrogen) atoms. The van der Waals surface area contributed by atoms with Crippen LogP contribution in [0.15, 0.2) is 134 Å². The van der Waals surface area contributed by atoms with E-state index < -0.39 is 6.10 Å². The quantitative estimate of drug-likeness (QED) is 0.0261. The number of esters is 3. The average molecular weight is 1090 g/mol. The lowest BCUT2D eigenvalue weighted by Gasteiger charge is -2.18. The lowest BCUT2D eigenvalue weighted by Crippen LogP contribution is -2.30. The third-order valence-electron chi connectivity index (χ3n) is 13.6. The van der Waals surface area contributed by atoms with Gasteiger partial charge in [-0.2, -0.15) is 0 Å². The predicted molar refractivity (Wildman–Crippen MR) is 343 cm³/mol. The SMILES string of the molecule is CC/C=C\C/C=C\C/C=C\C/C=C\C/C=C\C/C=C\C/C=C\C/C=C\C/C=C\C/C=C\CCCCCCC(=O)OCC(COC(=O)CCCCCCCCCCCCCC)OC(=O)CCCCCCC/C=C\CCCCCCC. The van der Waals surface area contributed by atoms with Crippen molar-refractivity contribution in [1.82, 2.24) is 0 Å². The van der Waals surface area contributed by atoms with Crippen LogP contribution in [0.3, 0.4) is 0 Å². The lowest BCUT2D eigenvalue weighted by atomic mass is 10.0. The molecule has 0 fully saturated rings. The highest BCUT2D eigenvalue weighted by Crippen LogP contribution is 2.15. The van der Waals surface area contributed by atoms with Crippen LogP contribution in [0.4, 0.5) is 0 Å². The van der Waals surface area contributed by atoms with E-state index in [1.54, 1.807) is 0 Å². The van der Waals surface area contributed by atoms with Crippen molar-refractivity contribution < 1.29 is 28.6 Å². The minimum Gasteiger partial charge on any atom is -0.462 e. The molecule has 0 N–H and O–H groups in total. The van der Waals surface area contributed by atoms with Gasteiger partial charge in [-0.15, -0.1) is 0 Å². The van der Waals surface area contributed by atoms with E-state index in [4.69, 9.17) is 14.2 Å². The van der Waals surface area contributed by atoms with E-state index in [9.17, 15) is 14.4 Å². The number of carbonyl (C=O) groups is 3. The van der Waals surface area contributed by atoms with Crippen molar-refractivity contribution in [3.63, 3.8) is 0 Å². The minimum atomic E-state index is -0.795. The standard InChI is InChI=1S/C73H120O6/c1-4-7-10-13-16-19-22-25-27-28-29-30-31-32-33-34-35-36-37-38-39-40-41-42-43-44-45-46-47-49-51-54-57-60-63-66-72(75)78-69-70(68-77-71(74)65-62-59-56-53-50-24-21-18-15-12-9-6-3)79-73(76)67-64-61-58-55-52-48-26-23-20-17-14-11-8-5-2/h7,10,16,19,23,25-27,29-30,32-33,35-36,38-39,41-42,44-45,47,49,70H,4-6,8-9,11-15,17-18,20-22,24,28,31,34,37,40,43,46,48,50-69H2,1-3H3/b10-7-,19-16-,26-23-,27-25-,30-29-,33-32-,36-35-,39-38-,42-41-,45-44-,49-47-. The van der Waals surface area contributed by atoms with Crippen molar-refractivity contribution in [3.8, 4) is 0 Å². The summed E-state index contributed by atoms with van der Waals surface area (Å²) < 4.78 is 16.9. The number of allylic oxidation sites excluding steroid dienone is 22. The number of rotatable bonds is 58. The molecule has 0 rings (SSSR count). The maximum Gasteiger partial charge on any atom is 0.306 e. The van der Waals surface area contributed by atoms with Gasteiger partial charge < -0.3 is 14.2 Å². The third-order valence-corrected chi connectivity index (χ3v) is 13.6. The molecule has 1 unspecified atom stereocenters. The molecule has 0 bridgehead atoms. The van der Waals surface area contributed by atoms with Crippen LogP contribution in [0.25, 0.3) is 0 Å². The van der Waals surface area contributed by atoms with Crippen LogP contribution >= 0.6 is 0 Å². The zero-order chi connectivity index (χ0) is 57.1. The fourth-order valence-corrected chi connectivity index (χ4v) is 8.76. The summed E-state index contributed by atoms with van der Waals surface area (Å²) in [5, 5.41) is 0. The Morgan fingerprint density at radius 2 is 0.494 bits per heavy atom. The van der Waals surface area contributed by atoms with E-state index >= 15 is 0 Å². The summed E-state index contributed by atoms with van der Waals surface area (Å²) in [5.41, 5.74) is 0. The molecule has 0 aromatic heterocycles. The Labute approximate surface area is 487 Å². The molecule has 0 aliphatic heterocycles. The monoisotopic (exact) mass is 1090 g/mol. The van der Waals surface area contributed by atoms with Crippen LogP contribution in [-0.2, 0) is 28.6 Å². The molecule has 6 nitrogen and oxygen atoms in total. The Morgan fingerprint density at radius 3 is 0.785 bits per heavy atom. The first kappa shape index (κ1) is 74.5. The Morgan fingerprint density at radius 1 is 0.266 bits per heavy atom. The highest BCUT2D eigenvalue weighted by atomic mass is 16.6. The summed E-state index contributed by atoms with van der Waals surface area (Å²) >= 11 is 0. The van der Waals surface area contributed by atoms with Gasteiger partial charge in [-0.3, -0.25) is 14.4 Å². The zero-order valence-corrected chi connectivity index (χ0v) is 51.3. The molecule has 0 aromatic carbocycles. The van der Waals surface area contributed by atoms with Crippen LogP contribution in [0, 0.1) is 0 Å². The van der Waals surface area contributed by atoms with Crippen molar-refractivity contribution in [3.05, 3.63) is 134 Å². The molecule has 0 saturated heterocycles. The second kappa shape index (κ2) is 66.1. The molecular formula is C73H120O6. The fraction of sp³-hybridized carbons (Fsp3) is 0.658. The average Bonchev–Trinajstić information content (AvgIpc) is 3.45. The van der Waals surface area contributed by atoms with Gasteiger partial charge in [0, 0.05) is 19.3 Å². The molecule has 0 spiro atoms. The summed E-state index contributed by atoms with van der Waals surface area (Å²) in [5.74, 6) is -0.922. The second-order valence-corrected chi connectivity index (χ2v) is 21.3. The van der Waals surface area contributed by atoms with Crippen molar-refractivity contribution in [2.45, 2.75) is 297 Å². The smallest absolute Gasteiger partial charge is 0.306 e. The van der Waals surface area contributed by atoms with Gasteiger partial charge in [0.25, 0.3) is 0 Å². The fourth-order valence-electron chi connectivity index (χ4n) is 8.76. The molecule has 0 aromatic rings. The number of hydrogen-bond acceptors (Lipinski definition) is 6. The van der Waals surface area contributed by atoms with Crippen molar-refractivity contribution in [1.29, 1.82) is 0 Å². The van der Waals surface area contributed by atoms with Crippen LogP contribution < -0.4 is 0 Å². The van der Waals surface area contributed by atoms with E-state index in [0.717, 1.165) is 148 Å². The van der Waals surface area contributed by atoms with Crippen molar-refractivity contribution in [2.24, 2.45) is 0 Å². The summed E-state index contributed by atoms with van der Waals surface area (Å²) in [6.45, 7) is 6.49. The van der Waals surface area contributed by atoms with Crippen LogP contribution in [0.1, 0.15) is 290 Å². The van der Waals surface area contributed by atoms with E-state index in [-0.39, 0.29) is 31.1 Å². The maximum atomic E-state index is 12.9. The summed E-state index contributed by atoms with van der Waals surface area (Å²) in [4.78, 5) is 38.2. The highest BCUT2D eigenvalue weighted by Gasteiger charge is 2.19. The van der Waals surface area contributed by atoms with Crippen LogP contribution in [0.2, 0.25) is 0 Å². The number of unbranched alkanes of at least 4 members (excludes halogenated alkanes) is 25. The molecular weight excluding hydrogens is 973 g/mol. The van der Waals surface area contributed by atoms with E-state index in [1.807, 2.05) is 0 Å². The summed E-state index contributed by atoms with van der Waals surface area (Å²) in [7, 11) is 0. The Kier molecular flexibility index (Phi) is 62.3. The summed E-state index contributed by atoms with van der Waals surface area (Å²) in [6, 6.07) is 0. The first-order valence-electron chi connectivity index (χ1n) is 32.7. The number of carbonyl (C=O) groups excluding carboxylic acids is 3. The first-order chi connectivity index (χ1) is 39.0. The zero-order valence-electron chi connectivity index (χ0n) is 51.3. The van der Waals surface area contributed by atoms with Crippen LogP contribution in [-0.4, -0.2) is 37.2 Å². The normalized spacial score (nSPS) is 13.0.